The summed E-state index contributed by atoms with van der Waals surface area (Å²) in [6.45, 7) is 14.4. The molecule has 0 spiro atoms. The molecular formula is C36H42N4O4. The van der Waals surface area contributed by atoms with Crippen LogP contribution in [0.25, 0.3) is 0 Å². The van der Waals surface area contributed by atoms with Gasteiger partial charge in [0.15, 0.2) is 0 Å². The minimum absolute atomic E-state index is 0.0107. The lowest BCUT2D eigenvalue weighted by Gasteiger charge is -2.17. The first kappa shape index (κ1) is 30.0. The molecule has 0 aromatic heterocycles. The van der Waals surface area contributed by atoms with E-state index in [-0.39, 0.29) is 24.2 Å². The molecule has 0 radical (unpaired) electrons. The van der Waals surface area contributed by atoms with Crippen LogP contribution < -0.4 is 5.32 Å². The number of rotatable bonds is 6. The molecule has 5 aliphatic heterocycles. The van der Waals surface area contributed by atoms with E-state index in [1.807, 2.05) is 13.0 Å². The Hall–Kier alpha value is -4.04. The molecule has 6 rings (SSSR count). The maximum Gasteiger partial charge on any atom is 0.305 e. The van der Waals surface area contributed by atoms with Gasteiger partial charge in [0.1, 0.15) is 5.76 Å². The Morgan fingerprint density at radius 1 is 1.00 bits per heavy atom. The maximum absolute atomic E-state index is 12.3. The standard InChI is InChI=1S/C36H42N4O4/c1-9-21-16(3)25-14-28-31(20(7)41)18(5)34(39-28)19(6)33-17(4)23(11-12-30(43)44-8)35(40-33)24-13-29(42)32-22(10-2)27(38-36(24)32)15-26(21)37-25/h14-15,17,20,23,40-42H,9-13H2,1-8H3. The third-order valence-corrected chi connectivity index (χ3v) is 10.00. The Balaban J connectivity index is 1.64. The normalized spacial score (nSPS) is 25.2. The fourth-order valence-corrected chi connectivity index (χ4v) is 7.70. The summed E-state index contributed by atoms with van der Waals surface area (Å²) in [4.78, 5) is 27.7. The van der Waals surface area contributed by atoms with Gasteiger partial charge in [-0.3, -0.25) is 4.79 Å². The third kappa shape index (κ3) is 4.53. The molecule has 1 aliphatic carbocycles. The highest BCUT2D eigenvalue weighted by atomic mass is 16.5. The monoisotopic (exact) mass is 594 g/mol. The van der Waals surface area contributed by atoms with Gasteiger partial charge in [-0.1, -0.05) is 20.8 Å². The molecule has 5 heterocycles. The minimum atomic E-state index is -0.706. The highest BCUT2D eigenvalue weighted by molar-refractivity contribution is 6.21. The van der Waals surface area contributed by atoms with E-state index in [1.54, 1.807) is 6.92 Å². The smallest absolute Gasteiger partial charge is 0.305 e. The molecule has 8 heteroatoms. The van der Waals surface area contributed by atoms with Crippen molar-refractivity contribution in [3.63, 3.8) is 0 Å². The largest absolute Gasteiger partial charge is 0.511 e. The predicted octanol–water partition coefficient (Wildman–Crippen LogP) is 6.77. The van der Waals surface area contributed by atoms with Gasteiger partial charge in [0.2, 0.25) is 0 Å². The van der Waals surface area contributed by atoms with Gasteiger partial charge < -0.3 is 20.3 Å². The second-order valence-corrected chi connectivity index (χ2v) is 12.4. The Morgan fingerprint density at radius 2 is 1.73 bits per heavy atom. The number of ether oxygens (including phenoxy) is 1. The lowest BCUT2D eigenvalue weighted by molar-refractivity contribution is -0.140. The maximum atomic E-state index is 12.3. The molecule has 0 aromatic carbocycles. The fourth-order valence-electron chi connectivity index (χ4n) is 7.70. The number of methoxy groups -OCH3 is 1. The van der Waals surface area contributed by atoms with Crippen LogP contribution in [-0.2, 0) is 9.53 Å². The van der Waals surface area contributed by atoms with E-state index in [0.717, 1.165) is 103 Å². The zero-order chi connectivity index (χ0) is 31.6. The fraction of sp³-hybridized carbons (Fsp3) is 0.444. The number of nitrogens with one attached hydrogen (secondary N) is 1. The number of carbonyl (C=O) groups is 1. The molecule has 0 amide bonds. The van der Waals surface area contributed by atoms with Gasteiger partial charge in [-0.05, 0) is 87.0 Å². The molecular weight excluding hydrogens is 552 g/mol. The van der Waals surface area contributed by atoms with E-state index < -0.39 is 6.10 Å². The van der Waals surface area contributed by atoms with Gasteiger partial charge in [-0.25, -0.2) is 15.0 Å². The van der Waals surface area contributed by atoms with Crippen LogP contribution in [0.15, 0.2) is 106 Å². The van der Waals surface area contributed by atoms with Crippen LogP contribution in [0.4, 0.5) is 0 Å². The molecule has 8 nitrogen and oxygen atoms in total. The van der Waals surface area contributed by atoms with Gasteiger partial charge in [-0.15, -0.1) is 0 Å². The van der Waals surface area contributed by atoms with Crippen LogP contribution in [0.2, 0.25) is 0 Å². The molecule has 1 fully saturated rings. The summed E-state index contributed by atoms with van der Waals surface area (Å²) in [5.74, 6) is 0.121. The van der Waals surface area contributed by atoms with Gasteiger partial charge in [0, 0.05) is 52.8 Å². The first-order valence-corrected chi connectivity index (χ1v) is 15.7. The van der Waals surface area contributed by atoms with Gasteiger partial charge in [-0.2, -0.15) is 0 Å². The van der Waals surface area contributed by atoms with E-state index in [0.29, 0.717) is 18.6 Å². The Bertz CT molecular complexity index is 1750. The third-order valence-electron chi connectivity index (χ3n) is 10.00. The molecule has 3 unspecified atom stereocenters. The van der Waals surface area contributed by atoms with Gasteiger partial charge in [0.25, 0.3) is 0 Å². The van der Waals surface area contributed by atoms with Crippen molar-refractivity contribution in [2.24, 2.45) is 26.8 Å². The van der Waals surface area contributed by atoms with E-state index in [1.165, 1.54) is 7.11 Å². The van der Waals surface area contributed by atoms with Crippen molar-refractivity contribution in [1.82, 2.24) is 5.32 Å². The van der Waals surface area contributed by atoms with Gasteiger partial charge in [0.05, 0.1) is 47.4 Å². The molecule has 6 aliphatic rings. The molecule has 0 saturated carbocycles. The Kier molecular flexibility index (Phi) is 7.60. The summed E-state index contributed by atoms with van der Waals surface area (Å²) in [6, 6.07) is 0. The lowest BCUT2D eigenvalue weighted by Crippen LogP contribution is -2.16. The summed E-state index contributed by atoms with van der Waals surface area (Å²) in [6.07, 6.45) is 6.15. The molecule has 0 aromatic rings. The zero-order valence-electron chi connectivity index (χ0n) is 27.0. The average molecular weight is 595 g/mol. The van der Waals surface area contributed by atoms with Crippen LogP contribution in [-0.4, -0.2) is 46.5 Å². The number of allylic oxidation sites excluding steroid dienone is 11. The summed E-state index contributed by atoms with van der Waals surface area (Å²) in [5.41, 5.74) is 14.7. The van der Waals surface area contributed by atoms with Crippen molar-refractivity contribution in [1.29, 1.82) is 0 Å². The quantitative estimate of drug-likeness (QED) is 0.294. The number of aliphatic hydroxyl groups excluding tert-OH is 2. The number of aliphatic hydroxyl groups is 2. The van der Waals surface area contributed by atoms with Crippen LogP contribution in [0.5, 0.6) is 0 Å². The minimum Gasteiger partial charge on any atom is -0.511 e. The second kappa shape index (κ2) is 11.1. The lowest BCUT2D eigenvalue weighted by atomic mass is 9.85. The van der Waals surface area contributed by atoms with Crippen molar-refractivity contribution in [2.45, 2.75) is 86.7 Å². The van der Waals surface area contributed by atoms with Crippen molar-refractivity contribution in [3.8, 4) is 0 Å². The highest BCUT2D eigenvalue weighted by Gasteiger charge is 2.42. The van der Waals surface area contributed by atoms with E-state index in [4.69, 9.17) is 19.7 Å². The number of hydrogen-bond acceptors (Lipinski definition) is 8. The number of carbonyl (C=O) groups excluding carboxylic acids is 1. The van der Waals surface area contributed by atoms with E-state index >= 15 is 0 Å². The predicted molar refractivity (Wildman–Crippen MR) is 174 cm³/mol. The number of nitrogens with zero attached hydrogens (tertiary/aromatic N) is 3. The molecule has 1 saturated heterocycles. The molecule has 44 heavy (non-hydrogen) atoms. The van der Waals surface area contributed by atoms with E-state index in [9.17, 15) is 15.0 Å². The molecule has 3 N–H and O–H groups in total. The van der Waals surface area contributed by atoms with Gasteiger partial charge >= 0.3 is 5.97 Å². The topological polar surface area (TPSA) is 116 Å². The summed E-state index contributed by atoms with van der Waals surface area (Å²) in [7, 11) is 1.42. The van der Waals surface area contributed by atoms with Crippen molar-refractivity contribution < 1.29 is 19.7 Å². The molecule has 3 atom stereocenters. The van der Waals surface area contributed by atoms with Crippen molar-refractivity contribution in [2.75, 3.05) is 7.11 Å². The Labute approximate surface area is 259 Å². The zero-order valence-corrected chi connectivity index (χ0v) is 27.0. The summed E-state index contributed by atoms with van der Waals surface area (Å²) >= 11 is 0. The molecule has 8 bridgehead atoms. The first-order chi connectivity index (χ1) is 21.0. The van der Waals surface area contributed by atoms with Crippen LogP contribution in [0.1, 0.15) is 80.6 Å². The van der Waals surface area contributed by atoms with Crippen LogP contribution in [0, 0.1) is 11.8 Å². The van der Waals surface area contributed by atoms with Crippen molar-refractivity contribution >= 4 is 23.1 Å². The van der Waals surface area contributed by atoms with Crippen LogP contribution >= 0.6 is 0 Å². The second-order valence-electron chi connectivity index (χ2n) is 12.4. The molecule has 230 valence electrons. The average Bonchev–Trinajstić information content (AvgIpc) is 3.75. The number of fused-ring (bicyclic) bond motifs is 5. The number of hydrogen-bond donors (Lipinski definition) is 3. The number of aliphatic imine (C=N–C) groups is 3. The SMILES string of the molecule is CCC1=C2C=C3N=C(C=C4N=C(C(C)=C4C(C)O)C(C)=C4NC(=C5CC(O)=C1C5=N2)C(CCC(=O)OC)C4C)C(C)=C3CC. The Morgan fingerprint density at radius 3 is 2.39 bits per heavy atom. The first-order valence-electron chi connectivity index (χ1n) is 15.7. The van der Waals surface area contributed by atoms with Crippen molar-refractivity contribution in [3.05, 3.63) is 91.0 Å². The summed E-state index contributed by atoms with van der Waals surface area (Å²) in [5, 5.41) is 26.1. The highest BCUT2D eigenvalue weighted by Crippen LogP contribution is 2.48. The van der Waals surface area contributed by atoms with Crippen LogP contribution in [0.3, 0.4) is 0 Å². The van der Waals surface area contributed by atoms with E-state index in [2.05, 4.69) is 46.0 Å². The summed E-state index contributed by atoms with van der Waals surface area (Å²) < 4.78 is 5.00. The number of esters is 1.